The molecule has 0 radical (unpaired) electrons. The summed E-state index contributed by atoms with van der Waals surface area (Å²) in [6.07, 6.45) is -0.890. The van der Waals surface area contributed by atoms with Gasteiger partial charge in [-0.25, -0.2) is 8.78 Å². The van der Waals surface area contributed by atoms with Crippen LogP contribution < -0.4 is 20.1 Å². The lowest BCUT2D eigenvalue weighted by molar-refractivity contribution is -0.0505. The number of benzene rings is 1. The van der Waals surface area contributed by atoms with Gasteiger partial charge in [0.2, 0.25) is 0 Å². The molecule has 2 rings (SSSR count). The van der Waals surface area contributed by atoms with Crippen LogP contribution in [0.15, 0.2) is 23.2 Å². The second-order valence-electron chi connectivity index (χ2n) is 6.39. The fraction of sp³-hybridized carbons (Fsp3) is 0.611. The van der Waals surface area contributed by atoms with Crippen molar-refractivity contribution in [2.24, 2.45) is 4.99 Å². The lowest BCUT2D eigenvalue weighted by Crippen LogP contribution is -2.49. The van der Waals surface area contributed by atoms with Gasteiger partial charge in [0.25, 0.3) is 6.43 Å². The fourth-order valence-corrected chi connectivity index (χ4v) is 3.04. The van der Waals surface area contributed by atoms with Crippen LogP contribution in [0.4, 0.5) is 17.6 Å². The lowest BCUT2D eigenvalue weighted by Gasteiger charge is -2.32. The molecule has 1 fully saturated rings. The molecule has 0 atom stereocenters. The minimum Gasteiger partial charge on any atom is -0.497 e. The predicted molar refractivity (Wildman–Crippen MR) is 98.4 cm³/mol. The zero-order chi connectivity index (χ0) is 20.5. The van der Waals surface area contributed by atoms with E-state index in [1.165, 1.54) is 13.2 Å². The molecule has 0 bridgehead atoms. The van der Waals surface area contributed by atoms with E-state index < -0.39 is 13.0 Å². The van der Waals surface area contributed by atoms with Crippen LogP contribution in [-0.2, 0) is 6.54 Å². The highest BCUT2D eigenvalue weighted by molar-refractivity contribution is 5.80. The number of hydrogen-bond acceptors (Lipinski definition) is 4. The topological polar surface area (TPSA) is 58.1 Å². The van der Waals surface area contributed by atoms with Gasteiger partial charge in [0.05, 0.1) is 13.7 Å². The number of methoxy groups -OCH3 is 1. The zero-order valence-electron chi connectivity index (χ0n) is 15.9. The molecule has 6 nitrogen and oxygen atoms in total. The molecule has 0 amide bonds. The molecule has 158 valence electrons. The van der Waals surface area contributed by atoms with Gasteiger partial charge in [-0.05, 0) is 25.0 Å². The average molecular weight is 406 g/mol. The largest absolute Gasteiger partial charge is 0.497 e. The van der Waals surface area contributed by atoms with E-state index in [4.69, 9.17) is 4.74 Å². The quantitative estimate of drug-likeness (QED) is 0.395. The minimum atomic E-state index is -2.94. The highest BCUT2D eigenvalue weighted by Gasteiger charge is 2.22. The normalized spacial score (nSPS) is 16.5. The Morgan fingerprint density at radius 2 is 1.96 bits per heavy atom. The van der Waals surface area contributed by atoms with Crippen molar-refractivity contribution in [3.8, 4) is 11.5 Å². The molecule has 0 unspecified atom stereocenters. The molecule has 1 aliphatic rings. The van der Waals surface area contributed by atoms with E-state index in [-0.39, 0.29) is 24.9 Å². The molecule has 1 aromatic carbocycles. The first-order valence-corrected chi connectivity index (χ1v) is 9.00. The lowest BCUT2D eigenvalue weighted by atomic mass is 10.1. The predicted octanol–water partition coefficient (Wildman–Crippen LogP) is 2.69. The second-order valence-corrected chi connectivity index (χ2v) is 6.39. The van der Waals surface area contributed by atoms with Crippen molar-refractivity contribution in [2.75, 3.05) is 33.8 Å². The molecule has 0 spiro atoms. The summed E-state index contributed by atoms with van der Waals surface area (Å²) >= 11 is 0. The maximum atomic E-state index is 12.7. The summed E-state index contributed by atoms with van der Waals surface area (Å²) in [6, 6.07) is 4.80. The van der Waals surface area contributed by atoms with E-state index in [2.05, 4.69) is 20.4 Å². The highest BCUT2D eigenvalue weighted by atomic mass is 19.3. The number of hydrogen-bond donors (Lipinski definition) is 2. The number of guanidine groups is 1. The van der Waals surface area contributed by atoms with Gasteiger partial charge in [0.15, 0.2) is 5.96 Å². The van der Waals surface area contributed by atoms with Gasteiger partial charge in [0, 0.05) is 44.4 Å². The summed E-state index contributed by atoms with van der Waals surface area (Å²) in [5, 5.41) is 6.31. The molecule has 10 heteroatoms. The number of alkyl halides is 4. The van der Waals surface area contributed by atoms with Crippen LogP contribution in [0.5, 0.6) is 11.5 Å². The molecule has 1 aromatic rings. The second kappa shape index (κ2) is 10.9. The van der Waals surface area contributed by atoms with Gasteiger partial charge in [0.1, 0.15) is 11.5 Å². The van der Waals surface area contributed by atoms with Gasteiger partial charge < -0.3 is 20.1 Å². The van der Waals surface area contributed by atoms with Crippen LogP contribution in [0, 0.1) is 0 Å². The van der Waals surface area contributed by atoms with Crippen LogP contribution >= 0.6 is 0 Å². The van der Waals surface area contributed by atoms with Crippen LogP contribution in [0.25, 0.3) is 0 Å². The summed E-state index contributed by atoms with van der Waals surface area (Å²) in [4.78, 5) is 5.88. The Balaban J connectivity index is 1.89. The molecule has 0 saturated carbocycles. The molecular weight excluding hydrogens is 380 g/mol. The highest BCUT2D eigenvalue weighted by Crippen LogP contribution is 2.26. The van der Waals surface area contributed by atoms with Crippen molar-refractivity contribution < 1.29 is 27.0 Å². The minimum absolute atomic E-state index is 0.0256. The van der Waals surface area contributed by atoms with Gasteiger partial charge in [-0.3, -0.25) is 9.89 Å². The molecule has 0 aliphatic carbocycles. The van der Waals surface area contributed by atoms with Crippen molar-refractivity contribution in [1.82, 2.24) is 15.5 Å². The van der Waals surface area contributed by atoms with Gasteiger partial charge in [-0.15, -0.1) is 0 Å². The zero-order valence-corrected chi connectivity index (χ0v) is 15.9. The maximum Gasteiger partial charge on any atom is 0.387 e. The van der Waals surface area contributed by atoms with Crippen molar-refractivity contribution in [2.45, 2.75) is 38.5 Å². The summed E-state index contributed by atoms with van der Waals surface area (Å²) < 4.78 is 59.8. The molecule has 1 aliphatic heterocycles. The SMILES string of the molecule is CN=C(NCc1ccc(OC)cc1OC(F)F)NC1CCN(CC(F)F)CC1. The molecule has 28 heavy (non-hydrogen) atoms. The maximum absolute atomic E-state index is 12.7. The summed E-state index contributed by atoms with van der Waals surface area (Å²) in [7, 11) is 3.05. The Kier molecular flexibility index (Phi) is 8.62. The number of likely N-dealkylation sites (tertiary alicyclic amines) is 1. The van der Waals surface area contributed by atoms with E-state index in [1.54, 1.807) is 24.1 Å². The molecular formula is C18H26F4N4O2. The van der Waals surface area contributed by atoms with Crippen LogP contribution in [-0.4, -0.2) is 63.7 Å². The Morgan fingerprint density at radius 3 is 2.54 bits per heavy atom. The van der Waals surface area contributed by atoms with Crippen LogP contribution in [0.3, 0.4) is 0 Å². The Bertz CT molecular complexity index is 638. The third-order valence-corrected chi connectivity index (χ3v) is 4.48. The molecule has 2 N–H and O–H groups in total. The van der Waals surface area contributed by atoms with Gasteiger partial charge in [-0.2, -0.15) is 8.78 Å². The number of halogens is 4. The van der Waals surface area contributed by atoms with Gasteiger partial charge in [-0.1, -0.05) is 0 Å². The van der Waals surface area contributed by atoms with Crippen LogP contribution in [0.1, 0.15) is 18.4 Å². The third-order valence-electron chi connectivity index (χ3n) is 4.48. The molecule has 0 aromatic heterocycles. The van der Waals surface area contributed by atoms with E-state index in [9.17, 15) is 17.6 Å². The number of aliphatic imine (C=N–C) groups is 1. The van der Waals surface area contributed by atoms with Crippen molar-refractivity contribution >= 4 is 5.96 Å². The number of nitrogens with zero attached hydrogens (tertiary/aromatic N) is 2. The Hall–Kier alpha value is -2.23. The van der Waals surface area contributed by atoms with Crippen LogP contribution in [0.2, 0.25) is 0 Å². The first-order valence-electron chi connectivity index (χ1n) is 9.00. The third kappa shape index (κ3) is 7.06. The van der Waals surface area contributed by atoms with Gasteiger partial charge >= 0.3 is 6.61 Å². The smallest absolute Gasteiger partial charge is 0.387 e. The number of piperidine rings is 1. The summed E-state index contributed by atoms with van der Waals surface area (Å²) in [5.41, 5.74) is 0.524. The average Bonchev–Trinajstić information content (AvgIpc) is 2.66. The van der Waals surface area contributed by atoms with E-state index in [0.717, 1.165) is 12.8 Å². The summed E-state index contributed by atoms with van der Waals surface area (Å²) in [6.45, 7) is -1.75. The number of nitrogens with one attached hydrogen (secondary N) is 2. The van der Waals surface area contributed by atoms with Crippen molar-refractivity contribution in [3.63, 3.8) is 0 Å². The summed E-state index contributed by atoms with van der Waals surface area (Å²) in [5.74, 6) is 0.946. The number of ether oxygens (including phenoxy) is 2. The monoisotopic (exact) mass is 406 g/mol. The van der Waals surface area contributed by atoms with Crippen molar-refractivity contribution in [3.05, 3.63) is 23.8 Å². The van der Waals surface area contributed by atoms with E-state index in [0.29, 0.717) is 30.4 Å². The molecule has 1 saturated heterocycles. The molecule has 1 heterocycles. The standard InChI is InChI=1S/C18H26F4N4O2/c1-23-18(25-13-5-7-26(8-6-13)11-16(19)20)24-10-12-3-4-14(27-2)9-15(12)28-17(21)22/h3-4,9,13,16-17H,5-8,10-11H2,1-2H3,(H2,23,24,25). The Morgan fingerprint density at radius 1 is 1.25 bits per heavy atom. The van der Waals surface area contributed by atoms with Crippen molar-refractivity contribution in [1.29, 1.82) is 0 Å². The van der Waals surface area contributed by atoms with E-state index in [1.807, 2.05) is 0 Å². The Labute approximate surface area is 161 Å². The first-order chi connectivity index (χ1) is 13.4. The fourth-order valence-electron chi connectivity index (χ4n) is 3.04. The first kappa shape index (κ1) is 22.1. The number of rotatable bonds is 8. The van der Waals surface area contributed by atoms with E-state index >= 15 is 0 Å².